The van der Waals surface area contributed by atoms with E-state index in [2.05, 4.69) is 12.2 Å². The molecule has 2 nitrogen and oxygen atoms in total. The Kier molecular flexibility index (Phi) is 3.91. The maximum absolute atomic E-state index is 12.7. The predicted molar refractivity (Wildman–Crippen MR) is 61.9 cm³/mol. The van der Waals surface area contributed by atoms with E-state index in [4.69, 9.17) is 4.74 Å². The van der Waals surface area contributed by atoms with Gasteiger partial charge in [-0.2, -0.15) is 0 Å². The van der Waals surface area contributed by atoms with Crippen LogP contribution in [0.15, 0.2) is 24.3 Å². The van der Waals surface area contributed by atoms with Crippen LogP contribution >= 0.6 is 0 Å². The molecule has 1 aromatic rings. The fraction of sp³-hybridized carbons (Fsp3) is 0.538. The maximum atomic E-state index is 12.7. The van der Waals surface area contributed by atoms with Crippen LogP contribution in [0.2, 0.25) is 0 Å². The molecule has 16 heavy (non-hydrogen) atoms. The summed E-state index contributed by atoms with van der Waals surface area (Å²) in [5, 5.41) is 3.39. The van der Waals surface area contributed by atoms with Gasteiger partial charge in [0.1, 0.15) is 5.82 Å². The lowest BCUT2D eigenvalue weighted by Gasteiger charge is -2.28. The molecule has 1 aliphatic heterocycles. The Bertz CT molecular complexity index is 317. The standard InChI is InChI=1S/C13H18FNO/c1-10-9-16-13(8-15-10)7-4-11-2-5-12(14)6-3-11/h2-3,5-6,10,13,15H,4,7-9H2,1H3. The van der Waals surface area contributed by atoms with Crippen molar-refractivity contribution in [1.29, 1.82) is 0 Å². The van der Waals surface area contributed by atoms with E-state index in [1.54, 1.807) is 0 Å². The van der Waals surface area contributed by atoms with Crippen LogP contribution in [0.4, 0.5) is 4.39 Å². The van der Waals surface area contributed by atoms with Gasteiger partial charge in [-0.25, -0.2) is 4.39 Å². The fourth-order valence-corrected chi connectivity index (χ4v) is 1.90. The lowest BCUT2D eigenvalue weighted by Crippen LogP contribution is -2.44. The average Bonchev–Trinajstić information content (AvgIpc) is 2.30. The number of hydrogen-bond acceptors (Lipinski definition) is 2. The zero-order valence-corrected chi connectivity index (χ0v) is 9.58. The first kappa shape index (κ1) is 11.6. The minimum absolute atomic E-state index is 0.173. The summed E-state index contributed by atoms with van der Waals surface area (Å²) >= 11 is 0. The fourth-order valence-electron chi connectivity index (χ4n) is 1.90. The van der Waals surface area contributed by atoms with Crippen LogP contribution < -0.4 is 5.32 Å². The van der Waals surface area contributed by atoms with Crippen LogP contribution in [0.1, 0.15) is 18.9 Å². The van der Waals surface area contributed by atoms with Gasteiger partial charge < -0.3 is 10.1 Å². The first-order valence-corrected chi connectivity index (χ1v) is 5.83. The van der Waals surface area contributed by atoms with Gasteiger partial charge in [0.2, 0.25) is 0 Å². The van der Waals surface area contributed by atoms with Gasteiger partial charge in [0, 0.05) is 12.6 Å². The van der Waals surface area contributed by atoms with Gasteiger partial charge in [0.15, 0.2) is 0 Å². The number of aryl methyl sites for hydroxylation is 1. The molecule has 0 bridgehead atoms. The van der Waals surface area contributed by atoms with E-state index in [-0.39, 0.29) is 5.82 Å². The van der Waals surface area contributed by atoms with Gasteiger partial charge in [-0.15, -0.1) is 0 Å². The smallest absolute Gasteiger partial charge is 0.123 e. The molecular formula is C13H18FNO. The molecule has 0 spiro atoms. The topological polar surface area (TPSA) is 21.3 Å². The number of nitrogens with one attached hydrogen (secondary N) is 1. The van der Waals surface area contributed by atoms with Gasteiger partial charge in [-0.3, -0.25) is 0 Å². The Morgan fingerprint density at radius 2 is 2.12 bits per heavy atom. The molecule has 0 amide bonds. The molecular weight excluding hydrogens is 205 g/mol. The normalized spacial score (nSPS) is 25.6. The summed E-state index contributed by atoms with van der Waals surface area (Å²) in [6.07, 6.45) is 2.23. The summed E-state index contributed by atoms with van der Waals surface area (Å²) in [6.45, 7) is 3.83. The number of ether oxygens (including phenoxy) is 1. The molecule has 0 aliphatic carbocycles. The minimum Gasteiger partial charge on any atom is -0.375 e. The van der Waals surface area contributed by atoms with Crippen molar-refractivity contribution in [2.75, 3.05) is 13.2 Å². The van der Waals surface area contributed by atoms with Gasteiger partial charge >= 0.3 is 0 Å². The number of hydrogen-bond donors (Lipinski definition) is 1. The van der Waals surface area contributed by atoms with Crippen molar-refractivity contribution in [2.45, 2.75) is 31.9 Å². The van der Waals surface area contributed by atoms with Crippen molar-refractivity contribution in [1.82, 2.24) is 5.32 Å². The molecule has 1 saturated heterocycles. The maximum Gasteiger partial charge on any atom is 0.123 e. The van der Waals surface area contributed by atoms with Crippen molar-refractivity contribution in [2.24, 2.45) is 0 Å². The second-order valence-corrected chi connectivity index (χ2v) is 4.43. The van der Waals surface area contributed by atoms with E-state index in [1.807, 2.05) is 12.1 Å². The van der Waals surface area contributed by atoms with Crippen LogP contribution in [0.3, 0.4) is 0 Å². The number of halogens is 1. The Hall–Kier alpha value is -0.930. The zero-order valence-electron chi connectivity index (χ0n) is 9.58. The Morgan fingerprint density at radius 3 is 2.75 bits per heavy atom. The molecule has 1 fully saturated rings. The van der Waals surface area contributed by atoms with Crippen LogP contribution in [-0.4, -0.2) is 25.3 Å². The predicted octanol–water partition coefficient (Wildman–Crippen LogP) is 2.14. The van der Waals surface area contributed by atoms with Gasteiger partial charge in [-0.05, 0) is 37.5 Å². The zero-order chi connectivity index (χ0) is 11.4. The van der Waals surface area contributed by atoms with Crippen LogP contribution in [-0.2, 0) is 11.2 Å². The van der Waals surface area contributed by atoms with E-state index < -0.39 is 0 Å². The highest BCUT2D eigenvalue weighted by Gasteiger charge is 2.17. The molecule has 1 N–H and O–H groups in total. The Labute approximate surface area is 95.8 Å². The third kappa shape index (κ3) is 3.29. The summed E-state index contributed by atoms with van der Waals surface area (Å²) in [5.41, 5.74) is 1.17. The molecule has 1 heterocycles. The quantitative estimate of drug-likeness (QED) is 0.847. The first-order chi connectivity index (χ1) is 7.74. The summed E-state index contributed by atoms with van der Waals surface area (Å²) < 4.78 is 18.4. The van der Waals surface area contributed by atoms with E-state index in [1.165, 1.54) is 17.7 Å². The van der Waals surface area contributed by atoms with Gasteiger partial charge in [0.25, 0.3) is 0 Å². The van der Waals surface area contributed by atoms with Crippen molar-refractivity contribution < 1.29 is 9.13 Å². The third-order valence-corrected chi connectivity index (χ3v) is 2.94. The van der Waals surface area contributed by atoms with E-state index >= 15 is 0 Å². The summed E-state index contributed by atoms with van der Waals surface area (Å²) in [4.78, 5) is 0. The summed E-state index contributed by atoms with van der Waals surface area (Å²) in [5.74, 6) is -0.173. The molecule has 1 aliphatic rings. The lowest BCUT2D eigenvalue weighted by atomic mass is 10.1. The van der Waals surface area contributed by atoms with E-state index in [0.717, 1.165) is 26.0 Å². The average molecular weight is 223 g/mol. The monoisotopic (exact) mass is 223 g/mol. The molecule has 2 unspecified atom stereocenters. The summed E-state index contributed by atoms with van der Waals surface area (Å²) in [7, 11) is 0. The molecule has 0 saturated carbocycles. The molecule has 88 valence electrons. The second kappa shape index (κ2) is 5.41. The molecule has 1 aromatic carbocycles. The molecule has 0 radical (unpaired) electrons. The van der Waals surface area contributed by atoms with Gasteiger partial charge in [-0.1, -0.05) is 12.1 Å². The summed E-state index contributed by atoms with van der Waals surface area (Å²) in [6, 6.07) is 7.17. The minimum atomic E-state index is -0.173. The van der Waals surface area contributed by atoms with Crippen LogP contribution in [0.25, 0.3) is 0 Å². The van der Waals surface area contributed by atoms with Gasteiger partial charge in [0.05, 0.1) is 12.7 Å². The molecule has 3 heteroatoms. The SMILES string of the molecule is CC1COC(CCc2ccc(F)cc2)CN1. The lowest BCUT2D eigenvalue weighted by molar-refractivity contribution is 0.00396. The second-order valence-electron chi connectivity index (χ2n) is 4.43. The number of rotatable bonds is 3. The number of benzene rings is 1. The van der Waals surface area contributed by atoms with Crippen LogP contribution in [0, 0.1) is 5.82 Å². The molecule has 2 atom stereocenters. The van der Waals surface area contributed by atoms with Crippen molar-refractivity contribution >= 4 is 0 Å². The first-order valence-electron chi connectivity index (χ1n) is 5.83. The van der Waals surface area contributed by atoms with Crippen LogP contribution in [0.5, 0.6) is 0 Å². The largest absolute Gasteiger partial charge is 0.375 e. The third-order valence-electron chi connectivity index (χ3n) is 2.94. The van der Waals surface area contributed by atoms with Crippen molar-refractivity contribution in [3.63, 3.8) is 0 Å². The van der Waals surface area contributed by atoms with E-state index in [9.17, 15) is 4.39 Å². The Balaban J connectivity index is 1.77. The highest BCUT2D eigenvalue weighted by molar-refractivity contribution is 5.16. The molecule has 0 aromatic heterocycles. The number of morpholine rings is 1. The molecule has 2 rings (SSSR count). The highest BCUT2D eigenvalue weighted by atomic mass is 19.1. The van der Waals surface area contributed by atoms with E-state index in [0.29, 0.717) is 12.1 Å². The van der Waals surface area contributed by atoms with Crippen molar-refractivity contribution in [3.8, 4) is 0 Å². The Morgan fingerprint density at radius 1 is 1.38 bits per heavy atom. The van der Waals surface area contributed by atoms with Crippen molar-refractivity contribution in [3.05, 3.63) is 35.6 Å². The highest BCUT2D eigenvalue weighted by Crippen LogP contribution is 2.11.